The molecule has 0 amide bonds. The van der Waals surface area contributed by atoms with Gasteiger partial charge in [-0.25, -0.2) is 4.98 Å². The van der Waals surface area contributed by atoms with Crippen LogP contribution in [0.5, 0.6) is 0 Å². The molecule has 1 aliphatic rings. The fourth-order valence-electron chi connectivity index (χ4n) is 4.87. The van der Waals surface area contributed by atoms with Crippen molar-refractivity contribution >= 4 is 33.0 Å². The molecule has 1 saturated carbocycles. The Bertz CT molecular complexity index is 1560. The normalized spacial score (nSPS) is 14.9. The van der Waals surface area contributed by atoms with Crippen molar-refractivity contribution in [3.63, 3.8) is 0 Å². The largest absolute Gasteiger partial charge is 0.384 e. The van der Waals surface area contributed by atoms with E-state index >= 15 is 0 Å². The highest BCUT2D eigenvalue weighted by Gasteiger charge is 2.17. The maximum Gasteiger partial charge on any atom is 0.290 e. The van der Waals surface area contributed by atoms with Crippen LogP contribution in [0.2, 0.25) is 0 Å². The van der Waals surface area contributed by atoms with E-state index in [1.54, 1.807) is 16.9 Å². The quantitative estimate of drug-likeness (QED) is 0.407. The molecule has 0 aromatic carbocycles. The number of nitrogens with zero attached hydrogens (tertiary/aromatic N) is 6. The van der Waals surface area contributed by atoms with Gasteiger partial charge in [-0.15, -0.1) is 11.3 Å². The molecule has 9 heteroatoms. The van der Waals surface area contributed by atoms with Crippen molar-refractivity contribution in [3.05, 3.63) is 58.9 Å². The zero-order chi connectivity index (χ0) is 23.2. The molecular weight excluding hydrogens is 446 g/mol. The third-order valence-corrected chi connectivity index (χ3v) is 7.76. The number of aromatic nitrogens is 6. The Labute approximate surface area is 200 Å². The van der Waals surface area contributed by atoms with Gasteiger partial charge in [-0.2, -0.15) is 14.6 Å². The molecule has 8 nitrogen and oxygen atoms in total. The van der Waals surface area contributed by atoms with Gasteiger partial charge in [0.2, 0.25) is 0 Å². The van der Waals surface area contributed by atoms with Gasteiger partial charge in [0.15, 0.2) is 5.65 Å². The highest BCUT2D eigenvalue weighted by Crippen LogP contribution is 2.33. The number of fused-ring (bicyclic) bond motifs is 2. The maximum atomic E-state index is 12.5. The molecule has 34 heavy (non-hydrogen) atoms. The Balaban J connectivity index is 1.33. The highest BCUT2D eigenvalue weighted by atomic mass is 32.1. The molecule has 6 rings (SSSR count). The van der Waals surface area contributed by atoms with E-state index in [0.717, 1.165) is 33.9 Å². The van der Waals surface area contributed by atoms with Crippen molar-refractivity contribution in [2.45, 2.75) is 45.6 Å². The Kier molecular flexibility index (Phi) is 5.13. The van der Waals surface area contributed by atoms with E-state index in [-0.39, 0.29) is 5.56 Å². The van der Waals surface area contributed by atoms with Crippen molar-refractivity contribution in [1.82, 2.24) is 29.1 Å². The predicted octanol–water partition coefficient (Wildman–Crippen LogP) is 4.70. The first-order valence-electron chi connectivity index (χ1n) is 11.6. The zero-order valence-corrected chi connectivity index (χ0v) is 19.8. The molecule has 0 atom stereocenters. The van der Waals surface area contributed by atoms with Crippen LogP contribution in [0.15, 0.2) is 47.7 Å². The maximum absolute atomic E-state index is 12.5. The third kappa shape index (κ3) is 3.75. The van der Waals surface area contributed by atoms with E-state index in [2.05, 4.69) is 30.7 Å². The smallest absolute Gasteiger partial charge is 0.290 e. The summed E-state index contributed by atoms with van der Waals surface area (Å²) in [6.07, 6.45) is 9.96. The number of pyridine rings is 1. The lowest BCUT2D eigenvalue weighted by molar-refractivity contribution is 0.321. The van der Waals surface area contributed by atoms with Crippen LogP contribution >= 0.6 is 11.3 Å². The van der Waals surface area contributed by atoms with E-state index in [0.29, 0.717) is 27.8 Å². The fraction of sp³-hybridized carbons (Fsp3) is 0.320. The summed E-state index contributed by atoms with van der Waals surface area (Å²) in [5, 5.41) is 4.56. The first-order chi connectivity index (χ1) is 16.5. The van der Waals surface area contributed by atoms with E-state index in [4.69, 9.17) is 5.73 Å². The van der Waals surface area contributed by atoms with Crippen molar-refractivity contribution in [2.24, 2.45) is 5.92 Å². The molecule has 5 aromatic heterocycles. The van der Waals surface area contributed by atoms with Crippen LogP contribution in [-0.4, -0.2) is 29.1 Å². The van der Waals surface area contributed by atoms with E-state index in [9.17, 15) is 4.79 Å². The second-order valence-corrected chi connectivity index (χ2v) is 10.1. The van der Waals surface area contributed by atoms with Crippen LogP contribution in [0.4, 0.5) is 5.82 Å². The number of hydrogen-bond donors (Lipinski definition) is 1. The zero-order valence-electron chi connectivity index (χ0n) is 18.9. The molecule has 172 valence electrons. The summed E-state index contributed by atoms with van der Waals surface area (Å²) in [7, 11) is 0. The van der Waals surface area contributed by atoms with Crippen LogP contribution < -0.4 is 11.3 Å². The van der Waals surface area contributed by atoms with Crippen molar-refractivity contribution < 1.29 is 0 Å². The average Bonchev–Trinajstić information content (AvgIpc) is 3.48. The van der Waals surface area contributed by atoms with Gasteiger partial charge in [-0.05, 0) is 43.9 Å². The predicted molar refractivity (Wildman–Crippen MR) is 135 cm³/mol. The number of hydrogen-bond acceptors (Lipinski definition) is 7. The minimum atomic E-state index is -0.166. The first kappa shape index (κ1) is 21.0. The molecule has 0 spiro atoms. The third-order valence-electron chi connectivity index (χ3n) is 6.60. The molecule has 1 fully saturated rings. The molecule has 0 bridgehead atoms. The number of rotatable bonds is 4. The fourth-order valence-corrected chi connectivity index (χ4v) is 5.92. The average molecular weight is 472 g/mol. The van der Waals surface area contributed by atoms with Gasteiger partial charge in [0.05, 0.1) is 17.5 Å². The Hall–Kier alpha value is -3.59. The minimum Gasteiger partial charge on any atom is -0.384 e. The van der Waals surface area contributed by atoms with Crippen LogP contribution in [-0.2, 0) is 6.54 Å². The summed E-state index contributed by atoms with van der Waals surface area (Å²) < 4.78 is 4.48. The second kappa shape index (κ2) is 8.32. The topological polar surface area (TPSA) is 104 Å². The summed E-state index contributed by atoms with van der Waals surface area (Å²) in [6, 6.07) is 9.73. The summed E-state index contributed by atoms with van der Waals surface area (Å²) >= 11 is 1.48. The summed E-state index contributed by atoms with van der Waals surface area (Å²) in [5.41, 5.74) is 10.8. The monoisotopic (exact) mass is 471 g/mol. The lowest BCUT2D eigenvalue weighted by Gasteiger charge is -2.22. The molecule has 1 aliphatic carbocycles. The van der Waals surface area contributed by atoms with Gasteiger partial charge in [0.25, 0.3) is 5.56 Å². The van der Waals surface area contributed by atoms with E-state index in [1.165, 1.54) is 43.4 Å². The first-order valence-corrected chi connectivity index (χ1v) is 12.5. The molecule has 5 aromatic rings. The SMILES string of the molecule is Cc1cc(N)n2nc(-c3ccc(-c4cc5c(s4)c(=O)ncn5CC4CCCCC4)cn3)cc2n1. The molecule has 0 radical (unpaired) electrons. The summed E-state index contributed by atoms with van der Waals surface area (Å²) in [6.45, 7) is 2.82. The summed E-state index contributed by atoms with van der Waals surface area (Å²) in [4.78, 5) is 26.8. The Morgan fingerprint density at radius 2 is 1.94 bits per heavy atom. The Morgan fingerprint density at radius 3 is 2.74 bits per heavy atom. The van der Waals surface area contributed by atoms with Gasteiger partial charge in [-0.3, -0.25) is 9.78 Å². The van der Waals surface area contributed by atoms with Crippen LogP contribution in [0.25, 0.3) is 37.7 Å². The van der Waals surface area contributed by atoms with Gasteiger partial charge >= 0.3 is 0 Å². The van der Waals surface area contributed by atoms with Crippen molar-refractivity contribution in [1.29, 1.82) is 0 Å². The minimum absolute atomic E-state index is 0.166. The standard InChI is InChI=1S/C25H25N7OS/c1-15-9-22(26)32-23(29-15)10-19(30-32)18-8-7-17(12-27-18)21-11-20-24(34-21)25(33)28-14-31(20)13-16-5-3-2-4-6-16/h7-12,14,16H,2-6,13,26H2,1H3. The van der Waals surface area contributed by atoms with Crippen LogP contribution in [0, 0.1) is 12.8 Å². The molecule has 5 heterocycles. The number of nitrogens with two attached hydrogens (primary N) is 1. The highest BCUT2D eigenvalue weighted by molar-refractivity contribution is 7.22. The molecule has 0 unspecified atom stereocenters. The number of thiophene rings is 1. The van der Waals surface area contributed by atoms with Gasteiger partial charge < -0.3 is 10.3 Å². The Morgan fingerprint density at radius 1 is 1.09 bits per heavy atom. The number of aryl methyl sites for hydroxylation is 1. The molecule has 0 saturated heterocycles. The molecule has 0 aliphatic heterocycles. The van der Waals surface area contributed by atoms with Crippen molar-refractivity contribution in [2.75, 3.05) is 5.73 Å². The van der Waals surface area contributed by atoms with E-state index < -0.39 is 0 Å². The van der Waals surface area contributed by atoms with Crippen LogP contribution in [0.3, 0.4) is 0 Å². The van der Waals surface area contributed by atoms with Crippen molar-refractivity contribution in [3.8, 4) is 21.8 Å². The van der Waals surface area contributed by atoms with Crippen LogP contribution in [0.1, 0.15) is 37.8 Å². The van der Waals surface area contributed by atoms with Gasteiger partial charge in [0.1, 0.15) is 16.2 Å². The lowest BCUT2D eigenvalue weighted by atomic mass is 9.89. The van der Waals surface area contributed by atoms with E-state index in [1.807, 2.05) is 31.3 Å². The molecule has 2 N–H and O–H groups in total. The van der Waals surface area contributed by atoms with Gasteiger partial charge in [0, 0.05) is 41.0 Å². The number of anilines is 1. The number of nitrogen functional groups attached to an aromatic ring is 1. The second-order valence-electron chi connectivity index (χ2n) is 9.09. The summed E-state index contributed by atoms with van der Waals surface area (Å²) in [5.74, 6) is 1.20. The lowest BCUT2D eigenvalue weighted by Crippen LogP contribution is -2.17. The molecular formula is C25H25N7OS. The van der Waals surface area contributed by atoms with Gasteiger partial charge in [-0.1, -0.05) is 19.3 Å².